The zero-order chi connectivity index (χ0) is 18.5. The summed E-state index contributed by atoms with van der Waals surface area (Å²) in [7, 11) is 0. The highest BCUT2D eigenvalue weighted by molar-refractivity contribution is 5.77. The number of rotatable bonds is 5. The van der Waals surface area contributed by atoms with Crippen LogP contribution in [0.1, 0.15) is 37.8 Å². The Labute approximate surface area is 146 Å². The number of nitrogens with one attached hydrogen (secondary N) is 1. The summed E-state index contributed by atoms with van der Waals surface area (Å²) in [4.78, 5) is 4.41. The molecule has 1 aliphatic heterocycles. The summed E-state index contributed by atoms with van der Waals surface area (Å²) >= 11 is 0. The molecule has 140 valence electrons. The second-order valence-corrected chi connectivity index (χ2v) is 6.95. The average molecular weight is 357 g/mol. The van der Waals surface area contributed by atoms with E-state index in [1.54, 1.807) is 6.07 Å². The minimum absolute atomic E-state index is 0.326. The molecule has 1 aromatic carbocycles. The van der Waals surface area contributed by atoms with Crippen LogP contribution in [0.4, 0.5) is 13.2 Å². The fourth-order valence-corrected chi connectivity index (χ4v) is 2.93. The maximum atomic E-state index is 13.1. The van der Waals surface area contributed by atoms with E-state index >= 15 is 0 Å². The topological polar surface area (TPSA) is 59.6 Å². The van der Waals surface area contributed by atoms with Gasteiger partial charge in [-0.25, -0.2) is 0 Å². The summed E-state index contributed by atoms with van der Waals surface area (Å²) in [5.41, 5.74) is 5.43. The van der Waals surface area contributed by atoms with E-state index in [-0.39, 0.29) is 0 Å². The number of nitrogens with two attached hydrogens (primary N) is 1. The largest absolute Gasteiger partial charge is 0.416 e. The molecule has 0 unspecified atom stereocenters. The van der Waals surface area contributed by atoms with Gasteiger partial charge in [-0.3, -0.25) is 4.99 Å². The Morgan fingerprint density at radius 3 is 2.60 bits per heavy atom. The standard InChI is InChI=1S/C18H26F3N3O/c1-13(2)11-23-16(22)24-12-17(6-8-25-9-7-17)14-4-3-5-15(10-14)18(19,20)21/h3-5,10,13H,6-9,11-12H2,1-2H3,(H3,22,23,24). The number of alkyl halides is 3. The number of hydrogen-bond acceptors (Lipinski definition) is 2. The number of nitrogens with zero attached hydrogens (tertiary/aromatic N) is 1. The van der Waals surface area contributed by atoms with Gasteiger partial charge in [-0.05, 0) is 30.4 Å². The van der Waals surface area contributed by atoms with Crippen molar-refractivity contribution in [1.29, 1.82) is 0 Å². The zero-order valence-electron chi connectivity index (χ0n) is 14.7. The van der Waals surface area contributed by atoms with E-state index in [9.17, 15) is 13.2 Å². The summed E-state index contributed by atoms with van der Waals surface area (Å²) in [5.74, 6) is 0.751. The SMILES string of the molecule is CC(C)CNC(N)=NCC1(c2cccc(C(F)(F)F)c2)CCOCC1. The van der Waals surface area contributed by atoms with Crippen molar-refractivity contribution in [2.24, 2.45) is 16.6 Å². The Bertz CT molecular complexity index is 593. The van der Waals surface area contributed by atoms with Crippen molar-refractivity contribution in [1.82, 2.24) is 5.32 Å². The van der Waals surface area contributed by atoms with Crippen LogP contribution in [0, 0.1) is 5.92 Å². The van der Waals surface area contributed by atoms with E-state index < -0.39 is 17.2 Å². The number of aliphatic imine (C=N–C) groups is 1. The lowest BCUT2D eigenvalue weighted by molar-refractivity contribution is -0.137. The molecular formula is C18H26F3N3O. The summed E-state index contributed by atoms with van der Waals surface area (Å²) < 4.78 is 44.6. The van der Waals surface area contributed by atoms with Gasteiger partial charge in [0.05, 0.1) is 12.1 Å². The molecular weight excluding hydrogens is 331 g/mol. The van der Waals surface area contributed by atoms with Gasteiger partial charge >= 0.3 is 6.18 Å². The molecule has 25 heavy (non-hydrogen) atoms. The van der Waals surface area contributed by atoms with Crippen LogP contribution in [0.2, 0.25) is 0 Å². The lowest BCUT2D eigenvalue weighted by atomic mass is 9.74. The number of benzene rings is 1. The summed E-state index contributed by atoms with van der Waals surface area (Å²) in [6.45, 7) is 6.17. The second-order valence-electron chi connectivity index (χ2n) is 6.95. The fourth-order valence-electron chi connectivity index (χ4n) is 2.93. The van der Waals surface area contributed by atoms with E-state index in [4.69, 9.17) is 10.5 Å². The van der Waals surface area contributed by atoms with Crippen LogP contribution >= 0.6 is 0 Å². The monoisotopic (exact) mass is 357 g/mol. The normalized spacial score (nSPS) is 18.4. The van der Waals surface area contributed by atoms with Gasteiger partial charge < -0.3 is 15.8 Å². The molecule has 0 radical (unpaired) electrons. The molecule has 0 bridgehead atoms. The molecule has 1 aliphatic rings. The lowest BCUT2D eigenvalue weighted by Gasteiger charge is -2.37. The van der Waals surface area contributed by atoms with Gasteiger partial charge in [-0.1, -0.05) is 32.0 Å². The van der Waals surface area contributed by atoms with Crippen LogP contribution in [0.15, 0.2) is 29.3 Å². The highest BCUT2D eigenvalue weighted by Crippen LogP contribution is 2.38. The van der Waals surface area contributed by atoms with E-state index in [1.165, 1.54) is 12.1 Å². The Morgan fingerprint density at radius 1 is 1.32 bits per heavy atom. The fraction of sp³-hybridized carbons (Fsp3) is 0.611. The second kappa shape index (κ2) is 8.08. The third kappa shape index (κ3) is 5.36. The summed E-state index contributed by atoms with van der Waals surface area (Å²) in [6.07, 6.45) is -3.12. The zero-order valence-corrected chi connectivity index (χ0v) is 14.7. The molecule has 1 aromatic rings. The predicted octanol–water partition coefficient (Wildman–Crippen LogP) is 3.31. The summed E-state index contributed by atoms with van der Waals surface area (Å²) in [6, 6.07) is 5.53. The van der Waals surface area contributed by atoms with Crippen molar-refractivity contribution in [2.75, 3.05) is 26.3 Å². The van der Waals surface area contributed by atoms with Crippen molar-refractivity contribution in [3.05, 3.63) is 35.4 Å². The quantitative estimate of drug-likeness (QED) is 0.628. The number of hydrogen-bond donors (Lipinski definition) is 2. The third-order valence-electron chi connectivity index (χ3n) is 4.50. The Morgan fingerprint density at radius 2 is 2.00 bits per heavy atom. The van der Waals surface area contributed by atoms with Crippen molar-refractivity contribution < 1.29 is 17.9 Å². The molecule has 0 atom stereocenters. The molecule has 0 amide bonds. The molecule has 1 heterocycles. The highest BCUT2D eigenvalue weighted by Gasteiger charge is 2.37. The molecule has 0 aliphatic carbocycles. The molecule has 0 saturated carbocycles. The van der Waals surface area contributed by atoms with E-state index in [2.05, 4.69) is 24.2 Å². The molecule has 1 saturated heterocycles. The summed E-state index contributed by atoms with van der Waals surface area (Å²) in [5, 5.41) is 3.04. The van der Waals surface area contributed by atoms with Crippen molar-refractivity contribution in [2.45, 2.75) is 38.3 Å². The third-order valence-corrected chi connectivity index (χ3v) is 4.50. The van der Waals surface area contributed by atoms with Gasteiger partial charge in [0.15, 0.2) is 5.96 Å². The molecule has 7 heteroatoms. The maximum absolute atomic E-state index is 13.1. The number of halogens is 3. The molecule has 1 fully saturated rings. The van der Waals surface area contributed by atoms with Crippen LogP contribution in [0.5, 0.6) is 0 Å². The molecule has 2 rings (SSSR count). The molecule has 3 N–H and O–H groups in total. The van der Waals surface area contributed by atoms with Gasteiger partial charge in [0.25, 0.3) is 0 Å². The van der Waals surface area contributed by atoms with E-state index in [0.29, 0.717) is 56.6 Å². The van der Waals surface area contributed by atoms with Crippen molar-refractivity contribution in [3.63, 3.8) is 0 Å². The van der Waals surface area contributed by atoms with Crippen LogP contribution in [0.25, 0.3) is 0 Å². The van der Waals surface area contributed by atoms with Crippen LogP contribution in [-0.2, 0) is 16.3 Å². The van der Waals surface area contributed by atoms with Gasteiger partial charge in [0.1, 0.15) is 0 Å². The van der Waals surface area contributed by atoms with Gasteiger partial charge in [-0.2, -0.15) is 13.2 Å². The van der Waals surface area contributed by atoms with Crippen LogP contribution < -0.4 is 11.1 Å². The number of ether oxygens (including phenoxy) is 1. The van der Waals surface area contributed by atoms with Crippen molar-refractivity contribution in [3.8, 4) is 0 Å². The van der Waals surface area contributed by atoms with Gasteiger partial charge in [0.2, 0.25) is 0 Å². The minimum atomic E-state index is -4.36. The Kier molecular flexibility index (Phi) is 6.32. The Balaban J connectivity index is 2.25. The first-order valence-corrected chi connectivity index (χ1v) is 8.52. The maximum Gasteiger partial charge on any atom is 0.416 e. The Hall–Kier alpha value is -1.76. The van der Waals surface area contributed by atoms with E-state index in [1.807, 2.05) is 0 Å². The van der Waals surface area contributed by atoms with Crippen molar-refractivity contribution >= 4 is 5.96 Å². The average Bonchev–Trinajstić information content (AvgIpc) is 2.58. The first-order valence-electron chi connectivity index (χ1n) is 8.52. The van der Waals surface area contributed by atoms with E-state index in [0.717, 1.165) is 6.07 Å². The number of guanidine groups is 1. The minimum Gasteiger partial charge on any atom is -0.381 e. The lowest BCUT2D eigenvalue weighted by Crippen LogP contribution is -2.40. The molecule has 0 spiro atoms. The molecule has 0 aromatic heterocycles. The highest BCUT2D eigenvalue weighted by atomic mass is 19.4. The predicted molar refractivity (Wildman–Crippen MR) is 92.5 cm³/mol. The molecule has 4 nitrogen and oxygen atoms in total. The smallest absolute Gasteiger partial charge is 0.381 e. The van der Waals surface area contributed by atoms with Crippen LogP contribution in [-0.4, -0.2) is 32.3 Å². The first kappa shape index (κ1) is 19.6. The van der Waals surface area contributed by atoms with Gasteiger partial charge in [-0.15, -0.1) is 0 Å². The van der Waals surface area contributed by atoms with Gasteiger partial charge in [0, 0.05) is 25.2 Å². The first-order chi connectivity index (χ1) is 11.7. The van der Waals surface area contributed by atoms with Crippen LogP contribution in [0.3, 0.4) is 0 Å².